The largest absolute Gasteiger partial charge is 0.478 e. The first kappa shape index (κ1) is 13.6. The molecule has 1 saturated carbocycles. The van der Waals surface area contributed by atoms with Gasteiger partial charge in [0.2, 0.25) is 0 Å². The summed E-state index contributed by atoms with van der Waals surface area (Å²) in [5.74, 6) is -0.955. The molecule has 2 aliphatic rings. The van der Waals surface area contributed by atoms with Gasteiger partial charge in [-0.25, -0.2) is 9.59 Å². The Morgan fingerprint density at radius 3 is 2.58 bits per heavy atom. The number of urea groups is 1. The Bertz CT molecular complexity index is 450. The van der Waals surface area contributed by atoms with E-state index >= 15 is 0 Å². The number of amides is 3. The minimum Gasteiger partial charge on any atom is -0.478 e. The van der Waals surface area contributed by atoms with Gasteiger partial charge in [-0.2, -0.15) is 0 Å². The van der Waals surface area contributed by atoms with Crippen molar-refractivity contribution in [2.24, 2.45) is 5.92 Å². The molecule has 1 spiro atoms. The average molecular weight is 266 g/mol. The molecular weight excluding hydrogens is 248 g/mol. The van der Waals surface area contributed by atoms with Crippen molar-refractivity contribution in [2.45, 2.75) is 38.1 Å². The van der Waals surface area contributed by atoms with Gasteiger partial charge in [-0.15, -0.1) is 0 Å². The fraction of sp³-hybridized carbons (Fsp3) is 0.615. The molecule has 6 heteroatoms. The highest BCUT2D eigenvalue weighted by Gasteiger charge is 2.52. The normalized spacial score (nSPS) is 30.6. The van der Waals surface area contributed by atoms with Gasteiger partial charge >= 0.3 is 12.0 Å². The maximum absolute atomic E-state index is 12.4. The predicted molar refractivity (Wildman–Crippen MR) is 67.4 cm³/mol. The monoisotopic (exact) mass is 266 g/mol. The van der Waals surface area contributed by atoms with E-state index in [4.69, 9.17) is 5.11 Å². The number of imide groups is 1. The topological polar surface area (TPSA) is 86.7 Å². The fourth-order valence-electron chi connectivity index (χ4n) is 2.67. The van der Waals surface area contributed by atoms with Crippen molar-refractivity contribution in [3.63, 3.8) is 0 Å². The van der Waals surface area contributed by atoms with Gasteiger partial charge in [-0.1, -0.05) is 13.5 Å². The second kappa shape index (κ2) is 4.68. The molecule has 104 valence electrons. The lowest BCUT2D eigenvalue weighted by molar-refractivity contribution is -0.134. The zero-order valence-corrected chi connectivity index (χ0v) is 10.9. The van der Waals surface area contributed by atoms with E-state index in [1.807, 2.05) is 0 Å². The van der Waals surface area contributed by atoms with Crippen LogP contribution in [0.5, 0.6) is 0 Å². The minimum absolute atomic E-state index is 0.162. The Morgan fingerprint density at radius 1 is 1.47 bits per heavy atom. The Balaban J connectivity index is 2.12. The van der Waals surface area contributed by atoms with Crippen molar-refractivity contribution in [1.29, 1.82) is 0 Å². The van der Waals surface area contributed by atoms with Gasteiger partial charge in [0.15, 0.2) is 0 Å². The summed E-state index contributed by atoms with van der Waals surface area (Å²) in [5.41, 5.74) is -0.979. The first-order valence-corrected chi connectivity index (χ1v) is 6.41. The molecule has 2 fully saturated rings. The molecule has 0 aromatic heterocycles. The number of aliphatic carboxylic acids is 1. The molecule has 1 saturated heterocycles. The van der Waals surface area contributed by atoms with Crippen LogP contribution in [0, 0.1) is 5.92 Å². The molecule has 1 aliphatic carbocycles. The maximum atomic E-state index is 12.4. The van der Waals surface area contributed by atoms with Crippen molar-refractivity contribution in [3.8, 4) is 0 Å². The molecule has 2 rings (SSSR count). The second-order valence-corrected chi connectivity index (χ2v) is 5.49. The predicted octanol–water partition coefficient (Wildman–Crippen LogP) is 1.13. The van der Waals surface area contributed by atoms with Crippen molar-refractivity contribution in [3.05, 3.63) is 12.2 Å². The first-order valence-electron chi connectivity index (χ1n) is 6.41. The van der Waals surface area contributed by atoms with Gasteiger partial charge in [0.1, 0.15) is 5.54 Å². The van der Waals surface area contributed by atoms with Gasteiger partial charge in [0.25, 0.3) is 5.91 Å². The van der Waals surface area contributed by atoms with Crippen LogP contribution in [0.15, 0.2) is 12.2 Å². The second-order valence-electron chi connectivity index (χ2n) is 5.49. The molecule has 2 N–H and O–H groups in total. The summed E-state index contributed by atoms with van der Waals surface area (Å²) in [6.07, 6.45) is 3.02. The Labute approximate surface area is 111 Å². The first-order chi connectivity index (χ1) is 8.85. The SMILES string of the molecule is C=C(CN1C(=O)NC2(CCC(C)CC2)C1=O)C(=O)O. The van der Waals surface area contributed by atoms with E-state index < -0.39 is 17.5 Å². The van der Waals surface area contributed by atoms with E-state index in [-0.39, 0.29) is 18.0 Å². The van der Waals surface area contributed by atoms with Crippen molar-refractivity contribution in [2.75, 3.05) is 6.54 Å². The van der Waals surface area contributed by atoms with Crippen LogP contribution < -0.4 is 5.32 Å². The third-order valence-corrected chi connectivity index (χ3v) is 4.03. The summed E-state index contributed by atoms with van der Waals surface area (Å²) < 4.78 is 0. The number of nitrogens with one attached hydrogen (secondary N) is 1. The Morgan fingerprint density at radius 2 is 2.05 bits per heavy atom. The smallest absolute Gasteiger partial charge is 0.332 e. The summed E-state index contributed by atoms with van der Waals surface area (Å²) in [7, 11) is 0. The molecule has 1 heterocycles. The number of rotatable bonds is 3. The highest BCUT2D eigenvalue weighted by Crippen LogP contribution is 2.36. The van der Waals surface area contributed by atoms with Gasteiger partial charge < -0.3 is 10.4 Å². The van der Waals surface area contributed by atoms with Crippen LogP contribution in [0.3, 0.4) is 0 Å². The number of hydrogen-bond acceptors (Lipinski definition) is 3. The van der Waals surface area contributed by atoms with Gasteiger partial charge in [0.05, 0.1) is 6.54 Å². The number of carbonyl (C=O) groups excluding carboxylic acids is 2. The Kier molecular flexibility index (Phi) is 3.34. The van der Waals surface area contributed by atoms with Crippen molar-refractivity contribution in [1.82, 2.24) is 10.2 Å². The van der Waals surface area contributed by atoms with E-state index in [9.17, 15) is 14.4 Å². The van der Waals surface area contributed by atoms with E-state index in [2.05, 4.69) is 18.8 Å². The number of nitrogens with zero attached hydrogens (tertiary/aromatic N) is 1. The molecule has 19 heavy (non-hydrogen) atoms. The summed E-state index contributed by atoms with van der Waals surface area (Å²) in [6.45, 7) is 5.23. The Hall–Kier alpha value is -1.85. The fourth-order valence-corrected chi connectivity index (χ4v) is 2.67. The van der Waals surface area contributed by atoms with Gasteiger partial charge in [-0.3, -0.25) is 9.69 Å². The molecule has 3 amide bonds. The van der Waals surface area contributed by atoms with Crippen LogP contribution in [0.25, 0.3) is 0 Å². The standard InChI is InChI=1S/C13H18N2O4/c1-8-3-5-13(6-4-8)11(18)15(12(19)14-13)7-9(2)10(16)17/h8H,2-7H2,1H3,(H,14,19)(H,16,17). The van der Waals surface area contributed by atoms with Gasteiger partial charge in [0, 0.05) is 5.57 Å². The maximum Gasteiger partial charge on any atom is 0.332 e. The minimum atomic E-state index is -1.20. The van der Waals surface area contributed by atoms with Crippen molar-refractivity contribution >= 4 is 17.9 Å². The summed E-state index contributed by atoms with van der Waals surface area (Å²) in [6, 6.07) is -0.512. The van der Waals surface area contributed by atoms with E-state index in [0.717, 1.165) is 17.7 Å². The molecule has 0 radical (unpaired) electrons. The van der Waals surface area contributed by atoms with Crippen LogP contribution >= 0.6 is 0 Å². The summed E-state index contributed by atoms with van der Waals surface area (Å²) in [5, 5.41) is 11.5. The number of hydrogen-bond donors (Lipinski definition) is 2. The number of carboxylic acid groups (broad SMARTS) is 1. The highest BCUT2D eigenvalue weighted by atomic mass is 16.4. The van der Waals surface area contributed by atoms with Crippen LogP contribution in [-0.2, 0) is 9.59 Å². The van der Waals surface area contributed by atoms with E-state index in [1.54, 1.807) is 0 Å². The molecule has 1 aliphatic heterocycles. The molecule has 0 aromatic rings. The van der Waals surface area contributed by atoms with E-state index in [1.165, 1.54) is 0 Å². The molecule has 0 unspecified atom stereocenters. The quantitative estimate of drug-likeness (QED) is 0.592. The zero-order chi connectivity index (χ0) is 14.2. The van der Waals surface area contributed by atoms with Crippen LogP contribution in [0.1, 0.15) is 32.6 Å². The lowest BCUT2D eigenvalue weighted by Gasteiger charge is -2.33. The lowest BCUT2D eigenvalue weighted by atomic mass is 9.77. The third-order valence-electron chi connectivity index (χ3n) is 4.03. The molecular formula is C13H18N2O4. The van der Waals surface area contributed by atoms with Crippen LogP contribution in [0.2, 0.25) is 0 Å². The summed E-state index contributed by atoms with van der Waals surface area (Å²) >= 11 is 0. The van der Waals surface area contributed by atoms with Crippen molar-refractivity contribution < 1.29 is 19.5 Å². The molecule has 0 aromatic carbocycles. The average Bonchev–Trinajstić information content (AvgIpc) is 2.58. The lowest BCUT2D eigenvalue weighted by Crippen LogP contribution is -2.49. The molecule has 0 atom stereocenters. The molecule has 0 bridgehead atoms. The third kappa shape index (κ3) is 2.34. The number of carboxylic acids is 1. The van der Waals surface area contributed by atoms with Crippen LogP contribution in [-0.4, -0.2) is 40.0 Å². The van der Waals surface area contributed by atoms with Gasteiger partial charge in [-0.05, 0) is 31.6 Å². The molecule has 6 nitrogen and oxygen atoms in total. The summed E-state index contributed by atoms with van der Waals surface area (Å²) in [4.78, 5) is 35.9. The van der Waals surface area contributed by atoms with E-state index in [0.29, 0.717) is 18.8 Å². The number of carbonyl (C=O) groups is 3. The highest BCUT2D eigenvalue weighted by molar-refractivity contribution is 6.08. The van der Waals surface area contributed by atoms with Crippen LogP contribution in [0.4, 0.5) is 4.79 Å². The zero-order valence-electron chi connectivity index (χ0n) is 10.9.